The van der Waals surface area contributed by atoms with Gasteiger partial charge in [0, 0.05) is 6.42 Å². The Morgan fingerprint density at radius 1 is 1.24 bits per heavy atom. The number of rotatable bonds is 6. The van der Waals surface area contributed by atoms with Crippen LogP contribution >= 0.6 is 0 Å². The number of carboxylic acids is 1. The lowest BCUT2D eigenvalue weighted by Gasteiger charge is -2.39. The van der Waals surface area contributed by atoms with Crippen LogP contribution in [0, 0.1) is 0 Å². The predicted molar refractivity (Wildman–Crippen MR) is 65.3 cm³/mol. The summed E-state index contributed by atoms with van der Waals surface area (Å²) < 4.78 is 15.4. The first kappa shape index (κ1) is 16.6. The molecule has 2 saturated heterocycles. The molecule has 2 rings (SSSR count). The molecule has 0 saturated carbocycles. The van der Waals surface area contributed by atoms with Crippen molar-refractivity contribution in [1.82, 2.24) is 0 Å². The molecule has 2 aliphatic rings. The molecule has 9 heteroatoms. The quantitative estimate of drug-likeness (QED) is 0.334. The van der Waals surface area contributed by atoms with Gasteiger partial charge >= 0.3 is 5.97 Å². The second kappa shape index (κ2) is 6.13. The molecule has 122 valence electrons. The van der Waals surface area contributed by atoms with Crippen LogP contribution in [0.1, 0.15) is 13.3 Å². The summed E-state index contributed by atoms with van der Waals surface area (Å²) in [5.41, 5.74) is -1.21. The van der Waals surface area contributed by atoms with Crippen LogP contribution in [0.4, 0.5) is 0 Å². The summed E-state index contributed by atoms with van der Waals surface area (Å²) in [5, 5.41) is 46.8. The third-order valence-corrected chi connectivity index (χ3v) is 3.88. The fraction of sp³-hybridized carbons (Fsp3) is 0.917. The normalized spacial score (nSPS) is 46.3. The van der Waals surface area contributed by atoms with Crippen molar-refractivity contribution in [1.29, 1.82) is 0 Å². The fourth-order valence-electron chi connectivity index (χ4n) is 2.28. The highest BCUT2D eigenvalue weighted by molar-refractivity contribution is 5.80. The number of ether oxygens (including phenoxy) is 3. The van der Waals surface area contributed by atoms with Crippen molar-refractivity contribution in [2.45, 2.75) is 55.8 Å². The summed E-state index contributed by atoms with van der Waals surface area (Å²) in [5.74, 6) is -1.06. The summed E-state index contributed by atoms with van der Waals surface area (Å²) >= 11 is 0. The zero-order valence-corrected chi connectivity index (χ0v) is 11.5. The molecule has 2 heterocycles. The van der Waals surface area contributed by atoms with Gasteiger partial charge in [0.1, 0.15) is 30.5 Å². The maximum absolute atomic E-state index is 10.9. The van der Waals surface area contributed by atoms with Crippen LogP contribution in [0.15, 0.2) is 0 Å². The Bertz CT molecular complexity index is 387. The van der Waals surface area contributed by atoms with Crippen molar-refractivity contribution in [2.75, 3.05) is 13.2 Å². The van der Waals surface area contributed by atoms with E-state index in [9.17, 15) is 20.1 Å². The number of carbonyl (C=O) groups is 1. The Morgan fingerprint density at radius 2 is 1.90 bits per heavy atom. The highest BCUT2D eigenvalue weighted by Crippen LogP contribution is 2.38. The molecule has 0 aromatic carbocycles. The van der Waals surface area contributed by atoms with Crippen molar-refractivity contribution in [3.8, 4) is 0 Å². The Labute approximate surface area is 120 Å². The van der Waals surface area contributed by atoms with Gasteiger partial charge in [-0.3, -0.25) is 0 Å². The van der Waals surface area contributed by atoms with Gasteiger partial charge < -0.3 is 39.7 Å². The Balaban J connectivity index is 1.79. The van der Waals surface area contributed by atoms with E-state index >= 15 is 0 Å². The first-order valence-electron chi connectivity index (χ1n) is 6.64. The van der Waals surface area contributed by atoms with Gasteiger partial charge in [0.05, 0.1) is 13.2 Å². The molecule has 2 aliphatic heterocycles. The van der Waals surface area contributed by atoms with E-state index in [-0.39, 0.29) is 13.0 Å². The summed E-state index contributed by atoms with van der Waals surface area (Å²) in [6.45, 7) is 0.956. The predicted octanol–water partition coefficient (Wildman–Crippen LogP) is -2.56. The Kier molecular flexibility index (Phi) is 4.83. The molecule has 7 atom stereocenters. The minimum atomic E-state index is -1.50. The number of hydrogen-bond donors (Lipinski definition) is 5. The lowest BCUT2D eigenvalue weighted by atomic mass is 9.99. The third kappa shape index (κ3) is 3.19. The number of aliphatic hydroxyl groups is 4. The smallest absolute Gasteiger partial charge is 0.338 e. The fourth-order valence-corrected chi connectivity index (χ4v) is 2.28. The summed E-state index contributed by atoms with van der Waals surface area (Å²) in [4.78, 5) is 10.9. The minimum absolute atomic E-state index is 0.0379. The van der Waals surface area contributed by atoms with Crippen molar-refractivity contribution >= 4 is 5.97 Å². The van der Waals surface area contributed by atoms with E-state index in [1.165, 1.54) is 6.92 Å². The first-order valence-corrected chi connectivity index (χ1v) is 6.64. The monoisotopic (exact) mass is 308 g/mol. The summed E-state index contributed by atoms with van der Waals surface area (Å²) in [6.07, 6.45) is -6.86. The molecular formula is C12H20O9. The van der Waals surface area contributed by atoms with Crippen LogP contribution in [0.5, 0.6) is 0 Å². The number of aliphatic hydroxyl groups excluding tert-OH is 4. The number of epoxide rings is 1. The molecular weight excluding hydrogens is 288 g/mol. The highest BCUT2D eigenvalue weighted by Gasteiger charge is 2.58. The van der Waals surface area contributed by atoms with Crippen LogP contribution in [0.3, 0.4) is 0 Å². The lowest BCUT2D eigenvalue weighted by Crippen LogP contribution is -2.59. The van der Waals surface area contributed by atoms with Crippen LogP contribution < -0.4 is 0 Å². The zero-order valence-electron chi connectivity index (χ0n) is 11.5. The average molecular weight is 308 g/mol. The highest BCUT2D eigenvalue weighted by atomic mass is 16.7. The standard InChI is InChI=1S/C12H20O9/c1-12(11(17)18)6(21-12)2-3-19-10-9(16)8(15)7(14)5(4-13)20-10/h5-10,13-16H,2-4H2,1H3,(H,17,18)/t5-,6?,7-,8+,9-,10?,12?/m1/s1. The SMILES string of the molecule is CC1(C(=O)O)OC1CCOC1O[C@H](CO)[C@@H](O)[C@H](O)[C@H]1O. The first-order chi connectivity index (χ1) is 9.81. The van der Waals surface area contributed by atoms with Gasteiger partial charge in [0.25, 0.3) is 0 Å². The van der Waals surface area contributed by atoms with E-state index in [0.717, 1.165) is 0 Å². The largest absolute Gasteiger partial charge is 0.479 e. The molecule has 21 heavy (non-hydrogen) atoms. The molecule has 0 radical (unpaired) electrons. The van der Waals surface area contributed by atoms with Crippen molar-refractivity contribution in [2.24, 2.45) is 0 Å². The van der Waals surface area contributed by atoms with E-state index < -0.39 is 55.0 Å². The number of aliphatic carboxylic acids is 1. The second-order valence-corrected chi connectivity index (χ2v) is 5.38. The van der Waals surface area contributed by atoms with Gasteiger partial charge in [0.15, 0.2) is 11.9 Å². The van der Waals surface area contributed by atoms with Gasteiger partial charge in [0.2, 0.25) is 0 Å². The maximum Gasteiger partial charge on any atom is 0.338 e. The Hall–Kier alpha value is -0.810. The van der Waals surface area contributed by atoms with E-state index in [1.807, 2.05) is 0 Å². The van der Waals surface area contributed by atoms with E-state index in [2.05, 4.69) is 0 Å². The minimum Gasteiger partial charge on any atom is -0.479 e. The van der Waals surface area contributed by atoms with E-state index in [0.29, 0.717) is 0 Å². The van der Waals surface area contributed by atoms with Crippen LogP contribution in [0.2, 0.25) is 0 Å². The topological polar surface area (TPSA) is 149 Å². The summed E-state index contributed by atoms with van der Waals surface area (Å²) in [6, 6.07) is 0. The van der Waals surface area contributed by atoms with Crippen LogP contribution in [0.25, 0.3) is 0 Å². The number of carboxylic acid groups (broad SMARTS) is 1. The molecule has 2 fully saturated rings. The third-order valence-electron chi connectivity index (χ3n) is 3.88. The molecule has 0 aromatic heterocycles. The lowest BCUT2D eigenvalue weighted by molar-refractivity contribution is -0.301. The van der Waals surface area contributed by atoms with Crippen molar-refractivity contribution in [3.63, 3.8) is 0 Å². The van der Waals surface area contributed by atoms with Gasteiger partial charge in [-0.1, -0.05) is 0 Å². The van der Waals surface area contributed by atoms with E-state index in [1.54, 1.807) is 0 Å². The Morgan fingerprint density at radius 3 is 2.43 bits per heavy atom. The molecule has 5 N–H and O–H groups in total. The van der Waals surface area contributed by atoms with Gasteiger partial charge in [-0.2, -0.15) is 0 Å². The van der Waals surface area contributed by atoms with Gasteiger partial charge in [-0.25, -0.2) is 4.79 Å². The molecule has 9 nitrogen and oxygen atoms in total. The van der Waals surface area contributed by atoms with Gasteiger partial charge in [-0.15, -0.1) is 0 Å². The van der Waals surface area contributed by atoms with Crippen LogP contribution in [-0.2, 0) is 19.0 Å². The molecule has 0 spiro atoms. The number of hydrogen-bond acceptors (Lipinski definition) is 8. The molecule has 3 unspecified atom stereocenters. The second-order valence-electron chi connectivity index (χ2n) is 5.38. The van der Waals surface area contributed by atoms with Crippen LogP contribution in [-0.4, -0.2) is 87.1 Å². The molecule has 0 aliphatic carbocycles. The van der Waals surface area contributed by atoms with Crippen molar-refractivity contribution < 1.29 is 44.5 Å². The van der Waals surface area contributed by atoms with Gasteiger partial charge in [-0.05, 0) is 6.92 Å². The average Bonchev–Trinajstić information content (AvgIpc) is 3.11. The maximum atomic E-state index is 10.9. The zero-order chi connectivity index (χ0) is 15.8. The molecule has 0 bridgehead atoms. The molecule has 0 aromatic rings. The van der Waals surface area contributed by atoms with E-state index in [4.69, 9.17) is 24.4 Å². The molecule has 0 amide bonds. The summed E-state index contributed by atoms with van der Waals surface area (Å²) in [7, 11) is 0. The van der Waals surface area contributed by atoms with Crippen molar-refractivity contribution in [3.05, 3.63) is 0 Å².